The van der Waals surface area contributed by atoms with E-state index in [4.69, 9.17) is 0 Å². The van der Waals surface area contributed by atoms with Gasteiger partial charge in [0.15, 0.2) is 0 Å². The molecule has 1 aliphatic rings. The zero-order chi connectivity index (χ0) is 22.6. The van der Waals surface area contributed by atoms with E-state index in [0.717, 1.165) is 36.2 Å². The lowest BCUT2D eigenvalue weighted by Crippen LogP contribution is -2.31. The van der Waals surface area contributed by atoms with Crippen LogP contribution in [0.1, 0.15) is 56.8 Å². The van der Waals surface area contributed by atoms with E-state index in [2.05, 4.69) is 17.1 Å². The minimum atomic E-state index is -3.53. The first-order valence-electron chi connectivity index (χ1n) is 10.7. The number of nitrogens with zero attached hydrogens (tertiary/aromatic N) is 2. The number of aromatic carboxylic acids is 1. The molecule has 0 saturated carbocycles. The Morgan fingerprint density at radius 2 is 1.69 bits per heavy atom. The molecule has 168 valence electrons. The van der Waals surface area contributed by atoms with Gasteiger partial charge in [0.1, 0.15) is 9.88 Å². The van der Waals surface area contributed by atoms with Crippen molar-refractivity contribution in [3.05, 3.63) is 87.4 Å². The van der Waals surface area contributed by atoms with Crippen LogP contribution in [-0.4, -0.2) is 35.3 Å². The minimum absolute atomic E-state index is 0.0641. The number of carbonyl (C=O) groups is 1. The fourth-order valence-electron chi connectivity index (χ4n) is 4.14. The fourth-order valence-corrected chi connectivity index (χ4v) is 7.09. The summed E-state index contributed by atoms with van der Waals surface area (Å²) in [5, 5.41) is 10.3. The summed E-state index contributed by atoms with van der Waals surface area (Å²) in [5.41, 5.74) is 2.50. The lowest BCUT2D eigenvalue weighted by Gasteiger charge is -2.22. The first kappa shape index (κ1) is 22.6. The standard InChI is InChI=1S/C24H26N2O4S2/c27-24(28)22-20(14-7-13-18-9-3-1-4-10-18)25-23(31-22)21-15-8-16-26(21)32(29,30)17-19-11-5-2-6-12-19/h1-6,9-12,21H,7-8,13-17H2,(H,27,28)/t21-/m0/s1. The number of hydrogen-bond donors (Lipinski definition) is 1. The van der Waals surface area contributed by atoms with Crippen LogP contribution in [0.25, 0.3) is 0 Å². The van der Waals surface area contributed by atoms with Gasteiger partial charge in [-0.15, -0.1) is 11.3 Å². The highest BCUT2D eigenvalue weighted by Crippen LogP contribution is 2.38. The van der Waals surface area contributed by atoms with Crippen molar-refractivity contribution in [1.82, 2.24) is 9.29 Å². The predicted molar refractivity (Wildman–Crippen MR) is 125 cm³/mol. The number of carboxylic acids is 1. The third kappa shape index (κ3) is 5.26. The summed E-state index contributed by atoms with van der Waals surface area (Å²) in [6.07, 6.45) is 3.58. The van der Waals surface area contributed by atoms with Crippen LogP contribution in [0.3, 0.4) is 0 Å². The molecule has 0 aliphatic carbocycles. The van der Waals surface area contributed by atoms with Crippen LogP contribution in [0.2, 0.25) is 0 Å². The quantitative estimate of drug-likeness (QED) is 0.490. The highest BCUT2D eigenvalue weighted by molar-refractivity contribution is 7.88. The molecule has 1 atom stereocenters. The van der Waals surface area contributed by atoms with Crippen LogP contribution in [0.5, 0.6) is 0 Å². The van der Waals surface area contributed by atoms with E-state index >= 15 is 0 Å². The summed E-state index contributed by atoms with van der Waals surface area (Å²) in [6.45, 7) is 0.436. The monoisotopic (exact) mass is 470 g/mol. The van der Waals surface area contributed by atoms with Gasteiger partial charge in [0.25, 0.3) is 0 Å². The lowest BCUT2D eigenvalue weighted by atomic mass is 10.1. The second-order valence-corrected chi connectivity index (χ2v) is 10.9. The molecule has 6 nitrogen and oxygen atoms in total. The Labute approximate surface area is 192 Å². The molecule has 1 fully saturated rings. The zero-order valence-electron chi connectivity index (χ0n) is 17.7. The molecule has 0 amide bonds. The zero-order valence-corrected chi connectivity index (χ0v) is 19.3. The Balaban J connectivity index is 1.51. The van der Waals surface area contributed by atoms with Gasteiger partial charge in [-0.1, -0.05) is 60.7 Å². The van der Waals surface area contributed by atoms with Crippen molar-refractivity contribution < 1.29 is 18.3 Å². The minimum Gasteiger partial charge on any atom is -0.477 e. The molecule has 1 N–H and O–H groups in total. The molecule has 0 radical (unpaired) electrons. The van der Waals surface area contributed by atoms with Gasteiger partial charge in [-0.2, -0.15) is 4.31 Å². The Morgan fingerprint density at radius 1 is 1.03 bits per heavy atom. The maximum absolute atomic E-state index is 13.1. The summed E-state index contributed by atoms with van der Waals surface area (Å²) < 4.78 is 27.8. The molecule has 2 aromatic carbocycles. The third-order valence-corrected chi connectivity index (χ3v) is 8.70. The van der Waals surface area contributed by atoms with Crippen LogP contribution in [0.4, 0.5) is 0 Å². The van der Waals surface area contributed by atoms with Crippen molar-refractivity contribution in [2.75, 3.05) is 6.54 Å². The first-order valence-corrected chi connectivity index (χ1v) is 13.2. The summed E-state index contributed by atoms with van der Waals surface area (Å²) in [4.78, 5) is 16.7. The van der Waals surface area contributed by atoms with Crippen molar-refractivity contribution >= 4 is 27.3 Å². The Kier molecular flexibility index (Phi) is 7.03. The average molecular weight is 471 g/mol. The normalized spacial score (nSPS) is 16.9. The first-order chi connectivity index (χ1) is 15.4. The molecule has 2 heterocycles. The van der Waals surface area contributed by atoms with Crippen molar-refractivity contribution in [2.24, 2.45) is 0 Å². The highest BCUT2D eigenvalue weighted by atomic mass is 32.2. The number of sulfonamides is 1. The Bertz CT molecular complexity index is 1160. The SMILES string of the molecule is O=C(O)c1sc([C@@H]2CCCN2S(=O)(=O)Cc2ccccc2)nc1CCCc1ccccc1. The van der Waals surface area contributed by atoms with E-state index in [0.29, 0.717) is 30.1 Å². The van der Waals surface area contributed by atoms with Gasteiger partial charge in [0, 0.05) is 6.54 Å². The maximum atomic E-state index is 13.1. The van der Waals surface area contributed by atoms with Gasteiger partial charge < -0.3 is 5.11 Å². The van der Waals surface area contributed by atoms with Crippen molar-refractivity contribution in [2.45, 2.75) is 43.9 Å². The molecule has 1 saturated heterocycles. The largest absolute Gasteiger partial charge is 0.477 e. The molecular weight excluding hydrogens is 444 g/mol. The number of benzene rings is 2. The van der Waals surface area contributed by atoms with E-state index in [1.807, 2.05) is 36.4 Å². The van der Waals surface area contributed by atoms with E-state index in [9.17, 15) is 18.3 Å². The highest BCUT2D eigenvalue weighted by Gasteiger charge is 2.37. The van der Waals surface area contributed by atoms with Crippen molar-refractivity contribution in [3.63, 3.8) is 0 Å². The van der Waals surface area contributed by atoms with Crippen LogP contribution in [0, 0.1) is 0 Å². The van der Waals surface area contributed by atoms with Gasteiger partial charge in [-0.25, -0.2) is 18.2 Å². The van der Waals surface area contributed by atoms with Gasteiger partial charge in [-0.3, -0.25) is 0 Å². The third-order valence-electron chi connectivity index (χ3n) is 5.67. The molecule has 0 bridgehead atoms. The van der Waals surface area contributed by atoms with Gasteiger partial charge in [0.2, 0.25) is 10.0 Å². The topological polar surface area (TPSA) is 87.6 Å². The van der Waals surface area contributed by atoms with Crippen molar-refractivity contribution in [3.8, 4) is 0 Å². The Morgan fingerprint density at radius 3 is 2.34 bits per heavy atom. The molecule has 4 rings (SSSR count). The summed E-state index contributed by atoms with van der Waals surface area (Å²) >= 11 is 1.12. The van der Waals surface area contributed by atoms with Gasteiger partial charge in [-0.05, 0) is 43.2 Å². The molecular formula is C24H26N2O4S2. The van der Waals surface area contributed by atoms with E-state index in [1.54, 1.807) is 12.1 Å². The smallest absolute Gasteiger partial charge is 0.347 e. The van der Waals surface area contributed by atoms with Crippen LogP contribution >= 0.6 is 11.3 Å². The average Bonchev–Trinajstić information content (AvgIpc) is 3.43. The van der Waals surface area contributed by atoms with Crippen LogP contribution in [0.15, 0.2) is 60.7 Å². The number of aromatic nitrogens is 1. The molecule has 3 aromatic rings. The second-order valence-electron chi connectivity index (χ2n) is 7.98. The maximum Gasteiger partial charge on any atom is 0.347 e. The molecule has 0 unspecified atom stereocenters. The molecule has 32 heavy (non-hydrogen) atoms. The molecule has 1 aliphatic heterocycles. The van der Waals surface area contributed by atoms with Crippen molar-refractivity contribution in [1.29, 1.82) is 0 Å². The summed E-state index contributed by atoms with van der Waals surface area (Å²) in [5.74, 6) is -1.06. The van der Waals surface area contributed by atoms with Gasteiger partial charge in [0.05, 0.1) is 17.5 Å². The number of carboxylic acid groups (broad SMARTS) is 1. The molecule has 1 aromatic heterocycles. The summed E-state index contributed by atoms with van der Waals surface area (Å²) in [6, 6.07) is 18.8. The number of hydrogen-bond acceptors (Lipinski definition) is 5. The summed E-state index contributed by atoms with van der Waals surface area (Å²) in [7, 11) is -3.53. The number of thiazole rings is 1. The molecule has 0 spiro atoms. The second kappa shape index (κ2) is 9.94. The van der Waals surface area contributed by atoms with E-state index in [1.165, 1.54) is 9.87 Å². The van der Waals surface area contributed by atoms with Crippen LogP contribution in [-0.2, 0) is 28.6 Å². The Hall–Kier alpha value is -2.55. The number of aryl methyl sites for hydroxylation is 2. The van der Waals surface area contributed by atoms with E-state index in [-0.39, 0.29) is 10.6 Å². The van der Waals surface area contributed by atoms with E-state index < -0.39 is 22.0 Å². The van der Waals surface area contributed by atoms with Gasteiger partial charge >= 0.3 is 5.97 Å². The number of rotatable bonds is 9. The lowest BCUT2D eigenvalue weighted by molar-refractivity contribution is 0.0700. The fraction of sp³-hybridized carbons (Fsp3) is 0.333. The molecule has 8 heteroatoms. The van der Waals surface area contributed by atoms with Crippen LogP contribution < -0.4 is 0 Å². The predicted octanol–water partition coefficient (Wildman–Crippen LogP) is 4.68.